The maximum Gasteiger partial charge on any atom is 0.379 e. The molecule has 0 saturated carbocycles. The maximum absolute atomic E-state index is 12.6. The van der Waals surface area contributed by atoms with Crippen molar-refractivity contribution in [2.24, 2.45) is 0 Å². The van der Waals surface area contributed by atoms with Gasteiger partial charge in [-0.2, -0.15) is 0 Å². The lowest BCUT2D eigenvalue weighted by Gasteiger charge is -2.46. The number of esters is 1. The van der Waals surface area contributed by atoms with Gasteiger partial charge in [-0.1, -0.05) is 0 Å². The number of carbonyl (C=O) groups excluding carboxylic acids is 2. The van der Waals surface area contributed by atoms with E-state index in [0.717, 1.165) is 31.4 Å². The Labute approximate surface area is 181 Å². The fourth-order valence-corrected chi connectivity index (χ4v) is 3.20. The zero-order valence-electron chi connectivity index (χ0n) is 16.9. The van der Waals surface area contributed by atoms with Crippen molar-refractivity contribution in [3.05, 3.63) is 34.4 Å². The Kier molecular flexibility index (Phi) is 8.43. The van der Waals surface area contributed by atoms with Crippen LogP contribution < -0.4 is 10.1 Å². The van der Waals surface area contributed by atoms with Crippen LogP contribution in [0.3, 0.4) is 0 Å². The Morgan fingerprint density at radius 3 is 2.44 bits per heavy atom. The van der Waals surface area contributed by atoms with E-state index in [1.807, 2.05) is 0 Å². The largest absolute Gasteiger partial charge is 0.464 e. The van der Waals surface area contributed by atoms with Crippen molar-refractivity contribution in [2.45, 2.75) is 42.7 Å². The summed E-state index contributed by atoms with van der Waals surface area (Å²) in [4.78, 5) is 34.4. The van der Waals surface area contributed by atoms with E-state index >= 15 is 0 Å². The standard InChI is InChI=1S/C18H24N2O12/c1-30-17(27)18(31-10-4-2-9(3-5-10)20(28)29)6-11(23)14(19-13(25)8-22)16(32-18)15(26)12(24)7-21/h2-5,11-12,14-16,21-24,26H,6-8H2,1H3,(H,19,25). The summed E-state index contributed by atoms with van der Waals surface area (Å²) in [6, 6.07) is 3.07. The van der Waals surface area contributed by atoms with Gasteiger partial charge in [-0.05, 0) is 12.1 Å². The van der Waals surface area contributed by atoms with Crippen LogP contribution in [-0.2, 0) is 19.1 Å². The monoisotopic (exact) mass is 460 g/mol. The number of aliphatic hydroxyl groups excluding tert-OH is 5. The van der Waals surface area contributed by atoms with Crippen LogP contribution in [0.2, 0.25) is 0 Å². The van der Waals surface area contributed by atoms with E-state index in [0.29, 0.717) is 0 Å². The fraction of sp³-hybridized carbons (Fsp3) is 0.556. The number of hydrogen-bond acceptors (Lipinski definition) is 12. The van der Waals surface area contributed by atoms with Crippen LogP contribution in [0, 0.1) is 10.1 Å². The first-order chi connectivity index (χ1) is 15.1. The van der Waals surface area contributed by atoms with Crippen LogP contribution in [0.25, 0.3) is 0 Å². The zero-order chi connectivity index (χ0) is 24.1. The number of carbonyl (C=O) groups is 2. The summed E-state index contributed by atoms with van der Waals surface area (Å²) in [7, 11) is 0.993. The van der Waals surface area contributed by atoms with E-state index in [4.69, 9.17) is 19.3 Å². The van der Waals surface area contributed by atoms with Crippen LogP contribution in [0.15, 0.2) is 24.3 Å². The van der Waals surface area contributed by atoms with Gasteiger partial charge in [0.2, 0.25) is 5.91 Å². The molecule has 1 aliphatic rings. The lowest BCUT2D eigenvalue weighted by atomic mass is 9.88. The highest BCUT2D eigenvalue weighted by molar-refractivity contribution is 5.79. The predicted octanol–water partition coefficient (Wildman–Crippen LogP) is -2.82. The molecule has 1 amide bonds. The van der Waals surface area contributed by atoms with Gasteiger partial charge in [0.15, 0.2) is 0 Å². The van der Waals surface area contributed by atoms with Gasteiger partial charge in [0.1, 0.15) is 30.7 Å². The summed E-state index contributed by atoms with van der Waals surface area (Å²) in [5.74, 6) is -4.60. The van der Waals surface area contributed by atoms with Gasteiger partial charge in [-0.25, -0.2) is 4.79 Å². The minimum absolute atomic E-state index is 0.0954. The van der Waals surface area contributed by atoms with E-state index in [9.17, 15) is 40.1 Å². The van der Waals surface area contributed by atoms with Gasteiger partial charge in [-0.15, -0.1) is 0 Å². The first-order valence-corrected chi connectivity index (χ1v) is 9.33. The number of amides is 1. The number of aliphatic hydroxyl groups is 5. The van der Waals surface area contributed by atoms with Crippen LogP contribution in [0.1, 0.15) is 6.42 Å². The second-order valence-electron chi connectivity index (χ2n) is 6.94. The second kappa shape index (κ2) is 10.6. The normalized spacial score (nSPS) is 27.1. The smallest absolute Gasteiger partial charge is 0.379 e. The first kappa shape index (κ1) is 25.4. The highest BCUT2D eigenvalue weighted by atomic mass is 16.7. The number of rotatable bonds is 9. The summed E-state index contributed by atoms with van der Waals surface area (Å²) in [6.45, 7) is -1.89. The van der Waals surface area contributed by atoms with Crippen molar-refractivity contribution in [3.63, 3.8) is 0 Å². The molecule has 1 heterocycles. The highest BCUT2D eigenvalue weighted by Crippen LogP contribution is 2.35. The summed E-state index contributed by atoms with van der Waals surface area (Å²) in [6.07, 6.45) is -7.70. The van der Waals surface area contributed by atoms with E-state index in [1.165, 1.54) is 0 Å². The molecule has 0 aliphatic carbocycles. The van der Waals surface area contributed by atoms with Gasteiger partial charge < -0.3 is 45.1 Å². The van der Waals surface area contributed by atoms with Gasteiger partial charge >= 0.3 is 11.8 Å². The second-order valence-corrected chi connectivity index (χ2v) is 6.94. The summed E-state index contributed by atoms with van der Waals surface area (Å²) >= 11 is 0. The average molecular weight is 460 g/mol. The SMILES string of the molecule is COC(=O)C1(Oc2ccc([N+](=O)[O-])cc2)CC(O)C(NC(=O)CO)C(C(O)C(O)CO)O1. The molecule has 6 unspecified atom stereocenters. The molecule has 1 aromatic rings. The molecule has 14 nitrogen and oxygen atoms in total. The summed E-state index contributed by atoms with van der Waals surface area (Å²) in [5.41, 5.74) is -0.264. The number of non-ortho nitro benzene ring substituents is 1. The molecule has 0 spiro atoms. The molecule has 0 bridgehead atoms. The Balaban J connectivity index is 2.44. The third-order valence-electron chi connectivity index (χ3n) is 4.79. The van der Waals surface area contributed by atoms with E-state index in [1.54, 1.807) is 0 Å². The number of nitro groups is 1. The number of methoxy groups -OCH3 is 1. The molecular formula is C18H24N2O12. The number of nitrogens with one attached hydrogen (secondary N) is 1. The van der Waals surface area contributed by atoms with E-state index < -0.39 is 72.7 Å². The average Bonchev–Trinajstić information content (AvgIpc) is 2.79. The molecule has 6 N–H and O–H groups in total. The predicted molar refractivity (Wildman–Crippen MR) is 102 cm³/mol. The number of nitrogens with zero attached hydrogens (tertiary/aromatic N) is 1. The fourth-order valence-electron chi connectivity index (χ4n) is 3.20. The Morgan fingerprint density at radius 1 is 1.31 bits per heavy atom. The number of nitro benzene ring substituents is 1. The summed E-state index contributed by atoms with van der Waals surface area (Å²) in [5, 5.41) is 62.1. The van der Waals surface area contributed by atoms with Gasteiger partial charge in [-0.3, -0.25) is 14.9 Å². The zero-order valence-corrected chi connectivity index (χ0v) is 16.9. The Morgan fingerprint density at radius 2 is 1.94 bits per heavy atom. The highest BCUT2D eigenvalue weighted by Gasteiger charge is 2.57. The van der Waals surface area contributed by atoms with Crippen molar-refractivity contribution in [3.8, 4) is 5.75 Å². The van der Waals surface area contributed by atoms with Crippen molar-refractivity contribution in [1.29, 1.82) is 0 Å². The molecule has 0 radical (unpaired) electrons. The molecule has 1 saturated heterocycles. The van der Waals surface area contributed by atoms with Crippen LogP contribution in [0.4, 0.5) is 5.69 Å². The maximum atomic E-state index is 12.6. The van der Waals surface area contributed by atoms with E-state index in [-0.39, 0.29) is 11.4 Å². The Hall–Kier alpha value is -2.88. The Bertz CT molecular complexity index is 819. The van der Waals surface area contributed by atoms with Crippen molar-refractivity contribution >= 4 is 17.6 Å². The number of ether oxygens (including phenoxy) is 3. The van der Waals surface area contributed by atoms with Crippen molar-refractivity contribution < 1.29 is 54.3 Å². The number of hydrogen-bond donors (Lipinski definition) is 6. The quantitative estimate of drug-likeness (QED) is 0.125. The van der Waals surface area contributed by atoms with Crippen LogP contribution >= 0.6 is 0 Å². The minimum atomic E-state index is -2.40. The first-order valence-electron chi connectivity index (χ1n) is 9.33. The van der Waals surface area contributed by atoms with Crippen molar-refractivity contribution in [1.82, 2.24) is 5.32 Å². The molecule has 0 aromatic heterocycles. The third kappa shape index (κ3) is 5.48. The van der Waals surface area contributed by atoms with Gasteiger partial charge in [0, 0.05) is 12.1 Å². The molecule has 32 heavy (non-hydrogen) atoms. The van der Waals surface area contributed by atoms with Gasteiger partial charge in [0.25, 0.3) is 5.69 Å². The molecule has 14 heteroatoms. The molecule has 1 aromatic carbocycles. The van der Waals surface area contributed by atoms with Crippen LogP contribution in [0.5, 0.6) is 5.75 Å². The molecule has 6 atom stereocenters. The molecular weight excluding hydrogens is 436 g/mol. The van der Waals surface area contributed by atoms with Crippen molar-refractivity contribution in [2.75, 3.05) is 20.3 Å². The molecule has 178 valence electrons. The summed E-state index contributed by atoms with van der Waals surface area (Å²) < 4.78 is 15.9. The molecule has 1 fully saturated rings. The minimum Gasteiger partial charge on any atom is -0.464 e. The molecule has 1 aliphatic heterocycles. The third-order valence-corrected chi connectivity index (χ3v) is 4.79. The van der Waals surface area contributed by atoms with Crippen LogP contribution in [-0.4, -0.2) is 98.9 Å². The van der Waals surface area contributed by atoms with E-state index in [2.05, 4.69) is 5.32 Å². The molecule has 2 rings (SSSR count). The topological polar surface area (TPSA) is 218 Å². The van der Waals surface area contributed by atoms with Gasteiger partial charge in [0.05, 0.1) is 37.2 Å². The lowest BCUT2D eigenvalue weighted by Crippen LogP contribution is -2.69. The number of benzene rings is 1. The lowest BCUT2D eigenvalue weighted by molar-refractivity contribution is -0.384.